The smallest absolute Gasteiger partial charge is 0.347 e. The largest absolute Gasteiger partial charge is 0.496 e. The van der Waals surface area contributed by atoms with Crippen LogP contribution < -0.4 is 31.0 Å². The molecule has 0 radical (unpaired) electrons. The third kappa shape index (κ3) is 3.52. The summed E-state index contributed by atoms with van der Waals surface area (Å²) in [5.74, 6) is -0.691. The van der Waals surface area contributed by atoms with Crippen LogP contribution in [-0.2, 0) is 15.9 Å². The summed E-state index contributed by atoms with van der Waals surface area (Å²) in [5.41, 5.74) is 5.59. The van der Waals surface area contributed by atoms with Gasteiger partial charge in [0.05, 0.1) is 36.7 Å². The second kappa shape index (κ2) is 9.08. The lowest BCUT2D eigenvalue weighted by atomic mass is 9.91. The van der Waals surface area contributed by atoms with Crippen LogP contribution in [0.3, 0.4) is 0 Å². The van der Waals surface area contributed by atoms with E-state index in [0.717, 1.165) is 0 Å². The summed E-state index contributed by atoms with van der Waals surface area (Å²) in [7, 11) is 1.45. The van der Waals surface area contributed by atoms with Crippen LogP contribution in [0.5, 0.6) is 11.5 Å². The molecular formula is C27H26N5O11+. The molecule has 8 rings (SSSR count). The molecule has 0 spiro atoms. The SMILES string of the molecule is COc1cc2c(c3oc(=O)c4c(c13)CCC4=O)C1C(O2)OC(n2c[n+]([C@H]3C[C@H](O)[C@@H](CO)O3)c3nc(N)[nH]c(=O)c32)C1O. The number of aliphatic hydroxyl groups is 3. The number of fused-ring (bicyclic) bond motifs is 8. The summed E-state index contributed by atoms with van der Waals surface area (Å²) >= 11 is 0. The molecule has 43 heavy (non-hydrogen) atoms. The highest BCUT2D eigenvalue weighted by atomic mass is 16.7. The Kier molecular flexibility index (Phi) is 5.55. The van der Waals surface area contributed by atoms with Crippen molar-refractivity contribution in [2.24, 2.45) is 0 Å². The predicted molar refractivity (Wildman–Crippen MR) is 142 cm³/mol. The van der Waals surface area contributed by atoms with Crippen molar-refractivity contribution < 1.29 is 48.0 Å². The number of nitrogens with one attached hydrogen (secondary N) is 1. The first-order valence-corrected chi connectivity index (χ1v) is 13.7. The van der Waals surface area contributed by atoms with E-state index in [0.29, 0.717) is 28.7 Å². The number of ketones is 1. The maximum atomic E-state index is 13.2. The average Bonchev–Trinajstić information content (AvgIpc) is 3.77. The van der Waals surface area contributed by atoms with E-state index in [4.69, 9.17) is 29.1 Å². The summed E-state index contributed by atoms with van der Waals surface area (Å²) in [6.45, 7) is -0.413. The molecule has 6 heterocycles. The van der Waals surface area contributed by atoms with Gasteiger partial charge in [-0.05, 0) is 12.0 Å². The van der Waals surface area contributed by atoms with Gasteiger partial charge in [0.2, 0.25) is 18.0 Å². The van der Waals surface area contributed by atoms with Crippen molar-refractivity contribution in [3.63, 3.8) is 0 Å². The van der Waals surface area contributed by atoms with Crippen LogP contribution in [0.15, 0.2) is 26.4 Å². The molecule has 0 bridgehead atoms. The Morgan fingerprint density at radius 2 is 2.05 bits per heavy atom. The fraction of sp³-hybridized carbons (Fsp3) is 0.444. The number of aliphatic hydroxyl groups excluding tert-OH is 3. The van der Waals surface area contributed by atoms with Gasteiger partial charge in [-0.2, -0.15) is 0 Å². The molecule has 4 unspecified atom stereocenters. The van der Waals surface area contributed by atoms with Gasteiger partial charge in [-0.25, -0.2) is 13.9 Å². The number of aromatic amines is 1. The molecule has 0 saturated carbocycles. The molecule has 2 fully saturated rings. The van der Waals surface area contributed by atoms with Gasteiger partial charge in [0.15, 0.2) is 18.3 Å². The Morgan fingerprint density at radius 3 is 2.79 bits per heavy atom. The zero-order valence-corrected chi connectivity index (χ0v) is 22.6. The first-order chi connectivity index (χ1) is 20.7. The molecule has 3 aromatic heterocycles. The Labute approximate surface area is 239 Å². The molecule has 224 valence electrons. The number of hydrogen-bond acceptors (Lipinski definition) is 13. The first-order valence-electron chi connectivity index (χ1n) is 13.7. The highest BCUT2D eigenvalue weighted by Gasteiger charge is 2.56. The van der Waals surface area contributed by atoms with E-state index >= 15 is 0 Å². The number of ether oxygens (including phenoxy) is 4. The number of benzene rings is 1. The highest BCUT2D eigenvalue weighted by Crippen LogP contribution is 2.54. The van der Waals surface area contributed by atoms with Crippen LogP contribution >= 0.6 is 0 Å². The molecule has 4 aromatic rings. The van der Waals surface area contributed by atoms with Crippen molar-refractivity contribution >= 4 is 33.9 Å². The van der Waals surface area contributed by atoms with Gasteiger partial charge in [-0.1, -0.05) is 4.98 Å². The minimum atomic E-state index is -1.33. The molecule has 6 N–H and O–H groups in total. The number of imidazole rings is 1. The normalized spacial score (nSPS) is 29.3. The van der Waals surface area contributed by atoms with Crippen LogP contribution in [0.2, 0.25) is 0 Å². The van der Waals surface area contributed by atoms with E-state index in [1.165, 1.54) is 22.6 Å². The van der Waals surface area contributed by atoms with Crippen LogP contribution in [0.4, 0.5) is 5.95 Å². The Morgan fingerprint density at radius 1 is 1.23 bits per heavy atom. The second-order valence-corrected chi connectivity index (χ2v) is 11.1. The van der Waals surface area contributed by atoms with Crippen molar-refractivity contribution in [3.8, 4) is 11.5 Å². The van der Waals surface area contributed by atoms with Crippen molar-refractivity contribution in [3.05, 3.63) is 49.9 Å². The van der Waals surface area contributed by atoms with Crippen molar-refractivity contribution in [2.45, 2.75) is 62.2 Å². The van der Waals surface area contributed by atoms with E-state index < -0.39 is 60.8 Å². The van der Waals surface area contributed by atoms with E-state index in [1.807, 2.05) is 0 Å². The number of nitrogens with two attached hydrogens (primary N) is 1. The van der Waals surface area contributed by atoms with E-state index in [1.54, 1.807) is 6.07 Å². The summed E-state index contributed by atoms with van der Waals surface area (Å²) < 4.78 is 32.2. The molecule has 0 amide bonds. The van der Waals surface area contributed by atoms with Crippen molar-refractivity contribution in [1.29, 1.82) is 0 Å². The topological polar surface area (TPSA) is 225 Å². The Bertz CT molecular complexity index is 1980. The number of aryl methyl sites for hydroxylation is 1. The third-order valence-corrected chi connectivity index (χ3v) is 8.77. The number of nitrogen functional groups attached to an aromatic ring is 1. The number of nitrogens with zero attached hydrogens (tertiary/aromatic N) is 3. The molecule has 2 saturated heterocycles. The van der Waals surface area contributed by atoms with Crippen LogP contribution in [0.1, 0.15) is 52.7 Å². The van der Waals surface area contributed by atoms with Crippen LogP contribution in [-0.4, -0.2) is 74.0 Å². The number of methoxy groups -OCH3 is 1. The van der Waals surface area contributed by atoms with E-state index in [2.05, 4.69) is 9.97 Å². The number of hydrogen-bond donors (Lipinski definition) is 5. The van der Waals surface area contributed by atoms with Crippen molar-refractivity contribution in [1.82, 2.24) is 14.5 Å². The first kappa shape index (κ1) is 26.3. The molecule has 16 heteroatoms. The van der Waals surface area contributed by atoms with Crippen molar-refractivity contribution in [2.75, 3.05) is 19.5 Å². The zero-order chi connectivity index (χ0) is 29.9. The van der Waals surface area contributed by atoms with Crippen LogP contribution in [0.25, 0.3) is 22.1 Å². The Hall–Kier alpha value is -4.35. The fourth-order valence-corrected chi connectivity index (χ4v) is 6.87. The molecule has 3 aliphatic heterocycles. The third-order valence-electron chi connectivity index (χ3n) is 8.77. The summed E-state index contributed by atoms with van der Waals surface area (Å²) in [6.07, 6.45) is -4.10. The number of rotatable bonds is 4. The monoisotopic (exact) mass is 596 g/mol. The van der Waals surface area contributed by atoms with Gasteiger partial charge in [0, 0.05) is 18.9 Å². The zero-order valence-electron chi connectivity index (χ0n) is 22.6. The number of H-pyrrole nitrogens is 1. The van der Waals surface area contributed by atoms with Crippen LogP contribution in [0, 0.1) is 0 Å². The summed E-state index contributed by atoms with van der Waals surface area (Å²) in [4.78, 5) is 45.2. The second-order valence-electron chi connectivity index (χ2n) is 11.1. The molecular weight excluding hydrogens is 570 g/mol. The number of anilines is 1. The number of carbonyl (C=O) groups is 1. The lowest BCUT2D eigenvalue weighted by molar-refractivity contribution is -0.739. The van der Waals surface area contributed by atoms with E-state index in [9.17, 15) is 29.7 Å². The quantitative estimate of drug-likeness (QED) is 0.139. The number of carbonyl (C=O) groups excluding carboxylic acids is 1. The van der Waals surface area contributed by atoms with Gasteiger partial charge in [-0.15, -0.1) is 0 Å². The van der Waals surface area contributed by atoms with Gasteiger partial charge >= 0.3 is 11.3 Å². The molecule has 1 aliphatic carbocycles. The minimum Gasteiger partial charge on any atom is -0.496 e. The predicted octanol–water partition coefficient (Wildman–Crippen LogP) is -1.13. The maximum absolute atomic E-state index is 13.2. The average molecular weight is 597 g/mol. The Balaban J connectivity index is 1.26. The highest BCUT2D eigenvalue weighted by molar-refractivity contribution is 6.06. The number of aromatic nitrogens is 4. The van der Waals surface area contributed by atoms with E-state index in [-0.39, 0.29) is 52.6 Å². The molecule has 7 atom stereocenters. The van der Waals surface area contributed by atoms with Gasteiger partial charge < -0.3 is 44.4 Å². The standard InChI is InChI=1S/C27H25N5O11/c1-39-11-5-12-17(21-16(11)8-2-3-9(34)15(8)25(38)42-21)18-20(36)24(43-26(18)41-12)32-7-31(14-4-10(35)13(6-33)40-14)22-19(32)23(37)30-27(28)29-22/h5,7,10,13-14,18,20,24,26,33,35-36H,2-4,6H2,1H3,(H2-,28,29,30,37)/p+1/t10-,13+,14+,18?,20?,24?,26?/m0/s1. The fourth-order valence-electron chi connectivity index (χ4n) is 6.87. The summed E-state index contributed by atoms with van der Waals surface area (Å²) in [5, 5.41) is 32.1. The van der Waals surface area contributed by atoms with Gasteiger partial charge in [0.25, 0.3) is 11.5 Å². The minimum absolute atomic E-state index is 0.000590. The van der Waals surface area contributed by atoms with Gasteiger partial charge in [0.1, 0.15) is 34.9 Å². The summed E-state index contributed by atoms with van der Waals surface area (Å²) in [6, 6.07) is 1.61. The molecule has 1 aromatic carbocycles. The maximum Gasteiger partial charge on any atom is 0.347 e. The molecule has 4 aliphatic rings. The lowest BCUT2D eigenvalue weighted by Crippen LogP contribution is -2.40. The molecule has 16 nitrogen and oxygen atoms in total. The van der Waals surface area contributed by atoms with Gasteiger partial charge in [-0.3, -0.25) is 14.6 Å². The lowest BCUT2D eigenvalue weighted by Gasteiger charge is -2.18. The number of Topliss-reactive ketones (excluding diaryl/α,β-unsaturated/α-hetero) is 1.